The van der Waals surface area contributed by atoms with E-state index in [1.54, 1.807) is 25.8 Å². The van der Waals surface area contributed by atoms with E-state index in [1.165, 1.54) is 31.3 Å². The maximum absolute atomic E-state index is 14.3. The van der Waals surface area contributed by atoms with Gasteiger partial charge in [-0.25, -0.2) is 4.79 Å². The second-order valence-electron chi connectivity index (χ2n) is 15.8. The van der Waals surface area contributed by atoms with Crippen molar-refractivity contribution in [2.24, 2.45) is 0 Å². The third-order valence-electron chi connectivity index (χ3n) is 10.9. The van der Waals surface area contributed by atoms with Gasteiger partial charge >= 0.3 is 13.7 Å². The van der Waals surface area contributed by atoms with E-state index in [0.29, 0.717) is 28.2 Å². The number of amides is 1. The van der Waals surface area contributed by atoms with Gasteiger partial charge in [0.25, 0.3) is 17.2 Å². The summed E-state index contributed by atoms with van der Waals surface area (Å²) in [7, 11) is -0.891. The summed E-state index contributed by atoms with van der Waals surface area (Å²) in [5.41, 5.74) is -0.851. The number of ether oxygens (including phenoxy) is 4. The van der Waals surface area contributed by atoms with Crippen LogP contribution in [0, 0.1) is 17.0 Å². The number of nitrogens with zero attached hydrogens (tertiary/aromatic N) is 3. The average Bonchev–Trinajstić information content (AvgIpc) is 3.60. The first-order valence-electron chi connectivity index (χ1n) is 20.8. The van der Waals surface area contributed by atoms with Crippen molar-refractivity contribution >= 4 is 19.6 Å². The molecule has 1 saturated heterocycles. The van der Waals surface area contributed by atoms with E-state index >= 15 is 0 Å². The molecule has 0 aliphatic carbocycles. The number of hydrogen-bond acceptors (Lipinski definition) is 13. The van der Waals surface area contributed by atoms with Gasteiger partial charge in [0.2, 0.25) is 5.79 Å². The molecule has 0 radical (unpaired) electrons. The number of aromatic nitrogens is 2. The molecule has 1 aliphatic heterocycles. The highest BCUT2D eigenvalue weighted by Gasteiger charge is 2.65. The third kappa shape index (κ3) is 9.81. The maximum Gasteiger partial charge on any atom is 0.465 e. The number of H-pyrrole nitrogens is 1. The zero-order chi connectivity index (χ0) is 46.4. The van der Waals surface area contributed by atoms with Crippen LogP contribution in [0.3, 0.4) is 0 Å². The largest absolute Gasteiger partial charge is 0.497 e. The minimum absolute atomic E-state index is 0.00883. The van der Waals surface area contributed by atoms with Crippen molar-refractivity contribution < 1.29 is 42.8 Å². The molecule has 1 aromatic heterocycles. The van der Waals surface area contributed by atoms with Crippen molar-refractivity contribution in [2.45, 2.75) is 83.8 Å². The highest BCUT2D eigenvalue weighted by molar-refractivity contribution is 7.62. The SMILES string of the molecule is CCO[P+](NC(=O)c1cccc([N+](=O)[O-])c1)(O[C@@]1(O)C[C@H](n2cc(C)c(=O)[nH]c2=O)O[C@@H]1COC(c1ccccc1)(c1ccc(OC)cc1)c1ccc(OC)cc1)N(C(C)C)C(C)C. The van der Waals surface area contributed by atoms with E-state index in [0.717, 1.165) is 10.6 Å². The van der Waals surface area contributed by atoms with Crippen LogP contribution in [0.1, 0.15) is 79.9 Å². The van der Waals surface area contributed by atoms with Crippen molar-refractivity contribution in [3.63, 3.8) is 0 Å². The summed E-state index contributed by atoms with van der Waals surface area (Å²) < 4.78 is 41.3. The predicted molar refractivity (Wildman–Crippen MR) is 240 cm³/mol. The summed E-state index contributed by atoms with van der Waals surface area (Å²) in [5.74, 6) is -1.96. The van der Waals surface area contributed by atoms with Crippen molar-refractivity contribution in [1.82, 2.24) is 19.3 Å². The number of carbonyl (C=O) groups is 1. The Morgan fingerprint density at radius 2 is 1.53 bits per heavy atom. The molecule has 1 amide bonds. The summed E-state index contributed by atoms with van der Waals surface area (Å²) >= 11 is 0. The van der Waals surface area contributed by atoms with E-state index < -0.39 is 66.8 Å². The van der Waals surface area contributed by atoms with Gasteiger partial charge in [-0.15, -0.1) is 9.19 Å². The summed E-state index contributed by atoms with van der Waals surface area (Å²) in [6, 6.07) is 28.7. The van der Waals surface area contributed by atoms with E-state index in [9.17, 15) is 29.6 Å². The van der Waals surface area contributed by atoms with Gasteiger partial charge in [0.1, 0.15) is 29.4 Å². The lowest BCUT2D eigenvalue weighted by atomic mass is 9.80. The molecule has 6 rings (SSSR count). The van der Waals surface area contributed by atoms with Crippen molar-refractivity contribution in [2.75, 3.05) is 27.4 Å². The summed E-state index contributed by atoms with van der Waals surface area (Å²) in [6.45, 7) is 10.3. The Kier molecular flexibility index (Phi) is 14.9. The van der Waals surface area contributed by atoms with Crippen LogP contribution in [0.2, 0.25) is 0 Å². The van der Waals surface area contributed by atoms with Crippen LogP contribution in [0.5, 0.6) is 11.5 Å². The number of nitrogens with one attached hydrogen (secondary N) is 2. The highest BCUT2D eigenvalue weighted by atomic mass is 31.2. The lowest BCUT2D eigenvalue weighted by molar-refractivity contribution is -0.384. The topological polar surface area (TPSA) is 206 Å². The van der Waals surface area contributed by atoms with Crippen LogP contribution < -0.4 is 25.8 Å². The molecule has 4 atom stereocenters. The Morgan fingerprint density at radius 3 is 2.06 bits per heavy atom. The van der Waals surface area contributed by atoms with Gasteiger partial charge in [0, 0.05) is 41.5 Å². The molecule has 17 nitrogen and oxygen atoms in total. The number of benzene rings is 4. The van der Waals surface area contributed by atoms with E-state index in [2.05, 4.69) is 10.1 Å². The minimum Gasteiger partial charge on any atom is -0.497 e. The minimum atomic E-state index is -4.03. The van der Waals surface area contributed by atoms with Crippen LogP contribution in [0.4, 0.5) is 5.69 Å². The number of methoxy groups -OCH3 is 2. The summed E-state index contributed by atoms with van der Waals surface area (Å²) in [6.07, 6.45) is -1.74. The molecular formula is C46H55N5O12P+. The molecule has 64 heavy (non-hydrogen) atoms. The van der Waals surface area contributed by atoms with Crippen LogP contribution in [0.25, 0.3) is 0 Å². The molecule has 0 bridgehead atoms. The Morgan fingerprint density at radius 1 is 0.953 bits per heavy atom. The standard InChI is InChI=1S/C46H54N5O12P/c1-9-61-64(50(30(2)3)31(4)5,48-43(53)33-14-13-17-37(26-33)51(56)57)63-45(55)27-41(49-28-32(6)42(52)47-44(49)54)62-40(45)29-60-46(34-15-11-10-12-16-34,35-18-22-38(58-7)23-19-35)36-20-24-39(59-8)25-21-36/h10-26,28,30-31,40-41,55H,9,27,29H2,1-8H3,(H-,47,48,52,53,54)/p+1/t40-,41-,45+,64?/m1/s1. The van der Waals surface area contributed by atoms with Crippen LogP contribution in [0.15, 0.2) is 119 Å². The average molecular weight is 901 g/mol. The predicted octanol–water partition coefficient (Wildman–Crippen LogP) is 7.03. The second-order valence-corrected chi connectivity index (χ2v) is 17.9. The molecule has 1 fully saturated rings. The first-order chi connectivity index (χ1) is 30.5. The number of nitro benzene ring substituents is 1. The second kappa shape index (κ2) is 19.9. The van der Waals surface area contributed by atoms with Crippen molar-refractivity contribution in [1.29, 1.82) is 0 Å². The highest BCUT2D eigenvalue weighted by Crippen LogP contribution is 2.66. The van der Waals surface area contributed by atoms with Crippen molar-refractivity contribution in [3.05, 3.63) is 168 Å². The smallest absolute Gasteiger partial charge is 0.465 e. The van der Waals surface area contributed by atoms with Gasteiger partial charge < -0.3 is 24.1 Å². The van der Waals surface area contributed by atoms with Gasteiger partial charge in [-0.05, 0) is 88.6 Å². The quantitative estimate of drug-likeness (QED) is 0.0251. The molecule has 340 valence electrons. The zero-order valence-corrected chi connectivity index (χ0v) is 37.9. The lowest BCUT2D eigenvalue weighted by Gasteiger charge is -2.41. The molecule has 1 unspecified atom stereocenters. The Bertz CT molecular complexity index is 2460. The monoisotopic (exact) mass is 900 g/mol. The number of rotatable bonds is 19. The number of aliphatic hydroxyl groups is 1. The number of aromatic amines is 1. The number of aryl methyl sites for hydroxylation is 1. The van der Waals surface area contributed by atoms with Crippen molar-refractivity contribution in [3.8, 4) is 11.5 Å². The number of non-ortho nitro benzene ring substituents is 1. The van der Waals surface area contributed by atoms with Crippen LogP contribution in [-0.2, 0) is 24.1 Å². The Balaban J connectivity index is 1.54. The first-order valence-corrected chi connectivity index (χ1v) is 22.4. The first kappa shape index (κ1) is 47.7. The van der Waals surface area contributed by atoms with E-state index in [4.69, 9.17) is 28.0 Å². The van der Waals surface area contributed by atoms with Gasteiger partial charge in [0.15, 0.2) is 0 Å². The fourth-order valence-electron chi connectivity index (χ4n) is 8.03. The summed E-state index contributed by atoms with van der Waals surface area (Å²) in [5, 5.41) is 27.9. The molecule has 0 saturated carbocycles. The number of hydrogen-bond donors (Lipinski definition) is 3. The fraction of sp³-hybridized carbons (Fsp3) is 0.370. The maximum atomic E-state index is 14.3. The molecule has 0 spiro atoms. The van der Waals surface area contributed by atoms with E-state index in [1.807, 2.05) is 107 Å². The lowest BCUT2D eigenvalue weighted by Crippen LogP contribution is -2.52. The Labute approximate surface area is 371 Å². The van der Waals surface area contributed by atoms with Crippen LogP contribution in [-0.4, -0.2) is 81.6 Å². The van der Waals surface area contributed by atoms with Gasteiger partial charge in [0.05, 0.1) is 38.8 Å². The van der Waals surface area contributed by atoms with Gasteiger partial charge in [-0.1, -0.05) is 60.7 Å². The Hall–Kier alpha value is -5.78. The normalized spacial score (nSPS) is 18.6. The fourth-order valence-corrected chi connectivity index (χ4v) is 11.1. The molecule has 1 aliphatic rings. The molecule has 4 aromatic carbocycles. The number of nitro groups is 1. The molecular weight excluding hydrogens is 846 g/mol. The van der Waals surface area contributed by atoms with Gasteiger partial charge in [-0.3, -0.25) is 29.3 Å². The molecule has 2 heterocycles. The molecule has 18 heteroatoms. The number of carbonyl (C=O) groups excluding carboxylic acids is 1. The van der Waals surface area contributed by atoms with E-state index in [-0.39, 0.29) is 35.5 Å². The van der Waals surface area contributed by atoms with Gasteiger partial charge in [-0.2, -0.15) is 9.61 Å². The summed E-state index contributed by atoms with van der Waals surface area (Å²) in [4.78, 5) is 53.7. The van der Waals surface area contributed by atoms with Crippen LogP contribution >= 0.6 is 8.02 Å². The molecule has 3 N–H and O–H groups in total. The molecule has 5 aromatic rings. The zero-order valence-electron chi connectivity index (χ0n) is 37.0. The third-order valence-corrected chi connectivity index (χ3v) is 14.1.